The van der Waals surface area contributed by atoms with Crippen LogP contribution in [0.15, 0.2) is 24.5 Å². The third-order valence-electron chi connectivity index (χ3n) is 5.31. The molecule has 0 aliphatic carbocycles. The maximum absolute atomic E-state index is 13.1. The summed E-state index contributed by atoms with van der Waals surface area (Å²) in [5, 5.41) is 7.61. The summed E-state index contributed by atoms with van der Waals surface area (Å²) in [5.41, 5.74) is 3.23. The Morgan fingerprint density at radius 3 is 2.57 bits per heavy atom. The Labute approximate surface area is 172 Å². The zero-order valence-corrected chi connectivity index (χ0v) is 17.9. The summed E-state index contributed by atoms with van der Waals surface area (Å²) in [4.78, 5) is 14.9. The first-order chi connectivity index (χ1) is 12.9. The molecule has 1 saturated heterocycles. The number of amides is 1. The molecule has 0 saturated carbocycles. The first-order valence-electron chi connectivity index (χ1n) is 9.10. The van der Waals surface area contributed by atoms with Gasteiger partial charge in [0.05, 0.1) is 26.3 Å². The first kappa shape index (κ1) is 22.0. The van der Waals surface area contributed by atoms with Crippen molar-refractivity contribution in [1.82, 2.24) is 20.0 Å². The van der Waals surface area contributed by atoms with Crippen LogP contribution >= 0.6 is 12.4 Å². The Bertz CT molecular complexity index is 824. The number of rotatable bonds is 6. The molecule has 0 spiro atoms. The number of benzene rings is 1. The summed E-state index contributed by atoms with van der Waals surface area (Å²) < 4.78 is 12.5. The lowest BCUT2D eigenvalue weighted by atomic mass is 9.89. The van der Waals surface area contributed by atoms with Gasteiger partial charge in [-0.1, -0.05) is 0 Å². The number of nitrogens with one attached hydrogen (secondary N) is 1. The van der Waals surface area contributed by atoms with Crippen molar-refractivity contribution in [1.29, 1.82) is 0 Å². The minimum absolute atomic E-state index is 0. The van der Waals surface area contributed by atoms with Crippen LogP contribution in [-0.4, -0.2) is 54.9 Å². The molecule has 7 nitrogen and oxygen atoms in total. The fourth-order valence-corrected chi connectivity index (χ4v) is 3.73. The highest BCUT2D eigenvalue weighted by Gasteiger charge is 2.36. The Morgan fingerprint density at radius 2 is 1.96 bits per heavy atom. The molecule has 1 aromatic carbocycles. The number of halogens is 1. The van der Waals surface area contributed by atoms with Crippen molar-refractivity contribution in [3.63, 3.8) is 0 Å². The minimum Gasteiger partial charge on any atom is -0.493 e. The van der Waals surface area contributed by atoms with Crippen LogP contribution in [0.5, 0.6) is 11.5 Å². The van der Waals surface area contributed by atoms with Gasteiger partial charge in [-0.05, 0) is 35.7 Å². The first-order valence-corrected chi connectivity index (χ1v) is 9.10. The maximum atomic E-state index is 13.1. The summed E-state index contributed by atoms with van der Waals surface area (Å²) >= 11 is 0. The number of carbonyl (C=O) groups is 1. The van der Waals surface area contributed by atoms with E-state index in [9.17, 15) is 4.79 Å². The largest absolute Gasteiger partial charge is 0.493 e. The average molecular weight is 409 g/mol. The van der Waals surface area contributed by atoms with Gasteiger partial charge in [-0.25, -0.2) is 0 Å². The van der Waals surface area contributed by atoms with E-state index in [-0.39, 0.29) is 30.2 Å². The lowest BCUT2D eigenvalue weighted by Gasteiger charge is -2.25. The fourth-order valence-electron chi connectivity index (χ4n) is 3.73. The van der Waals surface area contributed by atoms with E-state index in [1.54, 1.807) is 23.8 Å². The number of ether oxygens (including phenoxy) is 2. The van der Waals surface area contributed by atoms with Crippen LogP contribution in [0, 0.1) is 12.8 Å². The van der Waals surface area contributed by atoms with Crippen molar-refractivity contribution in [2.75, 3.05) is 34.4 Å². The van der Waals surface area contributed by atoms with Crippen molar-refractivity contribution in [2.24, 2.45) is 13.0 Å². The molecule has 0 bridgehead atoms. The van der Waals surface area contributed by atoms with Crippen LogP contribution in [0.1, 0.15) is 22.6 Å². The van der Waals surface area contributed by atoms with E-state index >= 15 is 0 Å². The number of nitrogens with zero attached hydrogens (tertiary/aromatic N) is 3. The van der Waals surface area contributed by atoms with Gasteiger partial charge in [-0.2, -0.15) is 5.10 Å². The molecule has 28 heavy (non-hydrogen) atoms. The minimum atomic E-state index is -0.0837. The number of carbonyl (C=O) groups excluding carboxylic acids is 1. The highest BCUT2D eigenvalue weighted by atomic mass is 35.5. The normalized spacial score (nSPS) is 18.5. The summed E-state index contributed by atoms with van der Waals surface area (Å²) in [7, 11) is 7.00. The summed E-state index contributed by atoms with van der Waals surface area (Å²) in [6.45, 7) is 4.03. The molecular formula is C20H29ClN4O3. The predicted octanol–water partition coefficient (Wildman–Crippen LogP) is 2.13. The SMILES string of the molecule is COc1cc(C)c(CN(C)C(=O)[C@H]2CNC[C@@H]2c2cnn(C)c2)cc1OC.Cl. The van der Waals surface area contributed by atoms with E-state index in [1.807, 2.05) is 45.5 Å². The monoisotopic (exact) mass is 408 g/mol. The molecule has 1 aliphatic rings. The van der Waals surface area contributed by atoms with Gasteiger partial charge in [0.15, 0.2) is 11.5 Å². The summed E-state index contributed by atoms with van der Waals surface area (Å²) in [6, 6.07) is 3.89. The van der Waals surface area contributed by atoms with Crippen LogP contribution in [0.3, 0.4) is 0 Å². The molecular weight excluding hydrogens is 380 g/mol. The summed E-state index contributed by atoms with van der Waals surface area (Å²) in [6.07, 6.45) is 3.85. The zero-order chi connectivity index (χ0) is 19.6. The molecule has 1 aromatic heterocycles. The van der Waals surface area contributed by atoms with E-state index in [1.165, 1.54) is 0 Å². The topological polar surface area (TPSA) is 68.6 Å². The van der Waals surface area contributed by atoms with Crippen molar-refractivity contribution >= 4 is 18.3 Å². The summed E-state index contributed by atoms with van der Waals surface area (Å²) in [5.74, 6) is 1.59. The second-order valence-corrected chi connectivity index (χ2v) is 7.15. The number of methoxy groups -OCH3 is 2. The molecule has 8 heteroatoms. The molecule has 1 amide bonds. The predicted molar refractivity (Wildman–Crippen MR) is 110 cm³/mol. The highest BCUT2D eigenvalue weighted by molar-refractivity contribution is 5.85. The Balaban J connectivity index is 0.00000280. The number of aromatic nitrogens is 2. The standard InChI is InChI=1S/C20H28N4O3.ClH/c1-13-6-18(26-4)19(27-5)7-14(13)11-23(2)20(25)17-10-21-9-16(17)15-8-22-24(3)12-15;/h6-8,12,16-17,21H,9-11H2,1-5H3;1H/t16-,17+;/m1./s1. The number of hydrogen-bond acceptors (Lipinski definition) is 5. The lowest BCUT2D eigenvalue weighted by molar-refractivity contribution is -0.134. The molecule has 154 valence electrons. The molecule has 1 fully saturated rings. The molecule has 1 aliphatic heterocycles. The second kappa shape index (κ2) is 9.30. The molecule has 2 heterocycles. The zero-order valence-electron chi connectivity index (χ0n) is 17.1. The third-order valence-corrected chi connectivity index (χ3v) is 5.31. The van der Waals surface area contributed by atoms with E-state index in [2.05, 4.69) is 10.4 Å². The fraction of sp³-hybridized carbons (Fsp3) is 0.500. The van der Waals surface area contributed by atoms with Crippen LogP contribution in [0.2, 0.25) is 0 Å². The van der Waals surface area contributed by atoms with Gasteiger partial charge in [0.2, 0.25) is 5.91 Å². The Hall–Kier alpha value is -2.25. The van der Waals surface area contributed by atoms with Crippen LogP contribution < -0.4 is 14.8 Å². The van der Waals surface area contributed by atoms with E-state index in [0.717, 1.165) is 23.2 Å². The van der Waals surface area contributed by atoms with E-state index < -0.39 is 0 Å². The molecule has 1 N–H and O–H groups in total. The molecule has 0 unspecified atom stereocenters. The van der Waals surface area contributed by atoms with Crippen molar-refractivity contribution in [3.8, 4) is 11.5 Å². The van der Waals surface area contributed by atoms with Crippen molar-refractivity contribution in [3.05, 3.63) is 41.2 Å². The van der Waals surface area contributed by atoms with Crippen LogP contribution in [0.25, 0.3) is 0 Å². The van der Waals surface area contributed by atoms with Gasteiger partial charge >= 0.3 is 0 Å². The van der Waals surface area contributed by atoms with E-state index in [0.29, 0.717) is 24.6 Å². The molecule has 2 atom stereocenters. The molecule has 3 rings (SSSR count). The second-order valence-electron chi connectivity index (χ2n) is 7.15. The Kier molecular flexibility index (Phi) is 7.32. The van der Waals surface area contributed by atoms with Gasteiger partial charge in [-0.3, -0.25) is 9.48 Å². The van der Waals surface area contributed by atoms with E-state index in [4.69, 9.17) is 9.47 Å². The van der Waals surface area contributed by atoms with Gasteiger partial charge in [-0.15, -0.1) is 12.4 Å². The highest BCUT2D eigenvalue weighted by Crippen LogP contribution is 2.32. The van der Waals surface area contributed by atoms with Gasteiger partial charge in [0.1, 0.15) is 0 Å². The average Bonchev–Trinajstić information content (AvgIpc) is 3.30. The maximum Gasteiger partial charge on any atom is 0.227 e. The van der Waals surface area contributed by atoms with Crippen LogP contribution in [-0.2, 0) is 18.4 Å². The third kappa shape index (κ3) is 4.42. The number of hydrogen-bond donors (Lipinski definition) is 1. The number of aryl methyl sites for hydroxylation is 2. The van der Waals surface area contributed by atoms with Crippen LogP contribution in [0.4, 0.5) is 0 Å². The quantitative estimate of drug-likeness (QED) is 0.793. The van der Waals surface area contributed by atoms with Gasteiger partial charge in [0, 0.05) is 45.8 Å². The van der Waals surface area contributed by atoms with Gasteiger partial charge in [0.25, 0.3) is 0 Å². The Morgan fingerprint density at radius 1 is 1.29 bits per heavy atom. The van der Waals surface area contributed by atoms with Crippen molar-refractivity contribution in [2.45, 2.75) is 19.4 Å². The smallest absolute Gasteiger partial charge is 0.227 e. The lowest BCUT2D eigenvalue weighted by Crippen LogP contribution is -2.35. The van der Waals surface area contributed by atoms with Gasteiger partial charge < -0.3 is 19.7 Å². The molecule has 0 radical (unpaired) electrons. The molecule has 2 aromatic rings. The van der Waals surface area contributed by atoms with Crippen molar-refractivity contribution < 1.29 is 14.3 Å².